The number of ketones is 1. The Balaban J connectivity index is 1.39. The molecule has 1 N–H and O–H groups in total. The van der Waals surface area contributed by atoms with E-state index in [9.17, 15) is 9.59 Å². The molecule has 0 aromatic heterocycles. The first kappa shape index (κ1) is 26.0. The van der Waals surface area contributed by atoms with Gasteiger partial charge in [0, 0.05) is 0 Å². The summed E-state index contributed by atoms with van der Waals surface area (Å²) in [6.45, 7) is 2.09. The molecule has 0 aliphatic carbocycles. The Morgan fingerprint density at radius 2 is 1.44 bits per heavy atom. The Bertz CT molecular complexity index is 1190. The minimum atomic E-state index is -0.404. The first-order chi connectivity index (χ1) is 17.6. The van der Waals surface area contributed by atoms with Crippen molar-refractivity contribution < 1.29 is 28.5 Å². The number of benzene rings is 3. The van der Waals surface area contributed by atoms with Crippen LogP contribution in [0.2, 0.25) is 0 Å². The van der Waals surface area contributed by atoms with Crippen LogP contribution in [0, 0.1) is 0 Å². The third-order valence-electron chi connectivity index (χ3n) is 4.75. The number of hydrogen-bond acceptors (Lipinski definition) is 7. The lowest BCUT2D eigenvalue weighted by Gasteiger charge is -2.10. The van der Waals surface area contributed by atoms with E-state index >= 15 is 0 Å². The maximum absolute atomic E-state index is 12.1. The topological polar surface area (TPSA) is 95.5 Å². The molecule has 186 valence electrons. The number of nitrogens with one attached hydrogen (secondary N) is 1. The molecule has 3 aromatic carbocycles. The average Bonchev–Trinajstić information content (AvgIpc) is 2.91. The number of carbonyl (C=O) groups excluding carboxylic acids is 2. The van der Waals surface area contributed by atoms with Gasteiger partial charge in [-0.3, -0.25) is 9.59 Å². The van der Waals surface area contributed by atoms with Crippen molar-refractivity contribution in [3.8, 4) is 23.0 Å². The first-order valence-electron chi connectivity index (χ1n) is 11.3. The van der Waals surface area contributed by atoms with E-state index in [1.807, 2.05) is 37.3 Å². The van der Waals surface area contributed by atoms with Gasteiger partial charge < -0.3 is 18.9 Å². The van der Waals surface area contributed by atoms with Crippen LogP contribution in [-0.2, 0) is 9.59 Å². The molecule has 0 fully saturated rings. The van der Waals surface area contributed by atoms with E-state index in [4.69, 9.17) is 18.9 Å². The van der Waals surface area contributed by atoms with Crippen LogP contribution < -0.4 is 24.4 Å². The predicted molar refractivity (Wildman–Crippen MR) is 138 cm³/mol. The van der Waals surface area contributed by atoms with Crippen molar-refractivity contribution in [2.24, 2.45) is 5.10 Å². The second kappa shape index (κ2) is 14.0. The third kappa shape index (κ3) is 8.64. The van der Waals surface area contributed by atoms with Gasteiger partial charge in [-0.05, 0) is 72.7 Å². The summed E-state index contributed by atoms with van der Waals surface area (Å²) in [5.74, 6) is 1.80. The normalized spacial score (nSPS) is 10.8. The van der Waals surface area contributed by atoms with Crippen LogP contribution in [0.5, 0.6) is 23.0 Å². The number of hydrazone groups is 1. The summed E-state index contributed by atoms with van der Waals surface area (Å²) in [6.07, 6.45) is 4.70. The van der Waals surface area contributed by atoms with Gasteiger partial charge in [0.1, 0.15) is 11.5 Å². The molecule has 3 rings (SSSR count). The molecule has 0 saturated carbocycles. The summed E-state index contributed by atoms with van der Waals surface area (Å²) in [6, 6.07) is 21.5. The summed E-state index contributed by atoms with van der Waals surface area (Å²) in [5.41, 5.74) is 4.05. The number of amides is 1. The fourth-order valence-electron chi connectivity index (χ4n) is 2.96. The quantitative estimate of drug-likeness (QED) is 0.219. The molecular formula is C28H28N2O6. The maximum Gasteiger partial charge on any atom is 0.277 e. The zero-order chi connectivity index (χ0) is 25.6. The van der Waals surface area contributed by atoms with E-state index in [1.165, 1.54) is 12.3 Å². The van der Waals surface area contributed by atoms with E-state index < -0.39 is 5.91 Å². The number of ether oxygens (including phenoxy) is 4. The number of methoxy groups -OCH3 is 1. The second-order valence-corrected chi connectivity index (χ2v) is 7.39. The van der Waals surface area contributed by atoms with Crippen LogP contribution in [-0.4, -0.2) is 44.8 Å². The molecule has 36 heavy (non-hydrogen) atoms. The van der Waals surface area contributed by atoms with Gasteiger partial charge in [-0.25, -0.2) is 5.43 Å². The third-order valence-corrected chi connectivity index (χ3v) is 4.75. The lowest BCUT2D eigenvalue weighted by atomic mass is 10.2. The van der Waals surface area contributed by atoms with Crippen molar-refractivity contribution in [3.05, 3.63) is 90.0 Å². The van der Waals surface area contributed by atoms with Gasteiger partial charge in [-0.2, -0.15) is 5.10 Å². The second-order valence-electron chi connectivity index (χ2n) is 7.39. The monoisotopic (exact) mass is 488 g/mol. The molecule has 1 amide bonds. The van der Waals surface area contributed by atoms with Crippen molar-refractivity contribution in [1.82, 2.24) is 5.43 Å². The van der Waals surface area contributed by atoms with Crippen molar-refractivity contribution >= 4 is 24.0 Å². The highest BCUT2D eigenvalue weighted by molar-refractivity contribution is 5.94. The highest BCUT2D eigenvalue weighted by atomic mass is 16.5. The van der Waals surface area contributed by atoms with Crippen molar-refractivity contribution in [2.45, 2.75) is 6.92 Å². The minimum absolute atomic E-state index is 0.0808. The highest BCUT2D eigenvalue weighted by Gasteiger charge is 2.06. The summed E-state index contributed by atoms with van der Waals surface area (Å²) in [7, 11) is 1.60. The standard InChI is InChI=1S/C28H28N2O6/c1-3-34-26-6-4-5-7-27(26)36-20-28(32)30-29-18-22-11-16-25(17-12-22)35-19-23(31)13-8-21-9-14-24(33-2)15-10-21/h4-18H,3,19-20H2,1-2H3,(H,30,32)/b13-8+,29-18-. The number of rotatable bonds is 13. The van der Waals surface area contributed by atoms with Gasteiger partial charge >= 0.3 is 0 Å². The van der Waals surface area contributed by atoms with Gasteiger partial charge in [0.25, 0.3) is 5.91 Å². The Labute approximate surface area is 210 Å². The molecule has 0 unspecified atom stereocenters. The van der Waals surface area contributed by atoms with Crippen molar-refractivity contribution in [2.75, 3.05) is 26.9 Å². The van der Waals surface area contributed by atoms with Gasteiger partial charge in [0.15, 0.2) is 30.5 Å². The molecule has 0 saturated heterocycles. The fourth-order valence-corrected chi connectivity index (χ4v) is 2.96. The molecular weight excluding hydrogens is 460 g/mol. The van der Waals surface area contributed by atoms with Crippen LogP contribution in [0.3, 0.4) is 0 Å². The molecule has 0 atom stereocenters. The average molecular weight is 489 g/mol. The van der Waals surface area contributed by atoms with Gasteiger partial charge in [0.05, 0.1) is 19.9 Å². The number of nitrogens with zero attached hydrogens (tertiary/aromatic N) is 1. The molecule has 8 nitrogen and oxygen atoms in total. The summed E-state index contributed by atoms with van der Waals surface area (Å²) < 4.78 is 21.6. The van der Waals surface area contributed by atoms with Crippen LogP contribution in [0.15, 0.2) is 84.0 Å². The van der Waals surface area contributed by atoms with Crippen molar-refractivity contribution in [3.63, 3.8) is 0 Å². The molecule has 3 aromatic rings. The van der Waals surface area contributed by atoms with Gasteiger partial charge in [0.2, 0.25) is 0 Å². The summed E-state index contributed by atoms with van der Waals surface area (Å²) in [4.78, 5) is 24.1. The Hall–Kier alpha value is -4.59. The van der Waals surface area contributed by atoms with E-state index in [2.05, 4.69) is 10.5 Å². The Morgan fingerprint density at radius 1 is 0.806 bits per heavy atom. The summed E-state index contributed by atoms with van der Waals surface area (Å²) in [5, 5.41) is 3.93. The van der Waals surface area contributed by atoms with Crippen LogP contribution in [0.4, 0.5) is 0 Å². The van der Waals surface area contributed by atoms with Gasteiger partial charge in [-0.15, -0.1) is 0 Å². The minimum Gasteiger partial charge on any atom is -0.497 e. The number of para-hydroxylation sites is 2. The SMILES string of the molecule is CCOc1ccccc1OCC(=O)N/N=C\c1ccc(OCC(=O)/C=C/c2ccc(OC)cc2)cc1. The lowest BCUT2D eigenvalue weighted by Crippen LogP contribution is -2.24. The largest absolute Gasteiger partial charge is 0.497 e. The van der Waals surface area contributed by atoms with E-state index in [0.717, 1.165) is 16.9 Å². The van der Waals surface area contributed by atoms with Crippen LogP contribution >= 0.6 is 0 Å². The zero-order valence-electron chi connectivity index (χ0n) is 20.2. The number of hydrogen-bond donors (Lipinski definition) is 1. The van der Waals surface area contributed by atoms with Gasteiger partial charge in [-0.1, -0.05) is 30.3 Å². The van der Waals surface area contributed by atoms with Crippen molar-refractivity contribution in [1.29, 1.82) is 0 Å². The van der Waals surface area contributed by atoms with E-state index in [1.54, 1.807) is 55.7 Å². The molecule has 8 heteroatoms. The van der Waals surface area contributed by atoms with Crippen LogP contribution in [0.25, 0.3) is 6.08 Å². The summed E-state index contributed by atoms with van der Waals surface area (Å²) >= 11 is 0. The molecule has 0 radical (unpaired) electrons. The smallest absolute Gasteiger partial charge is 0.277 e. The molecule has 0 aliphatic rings. The highest BCUT2D eigenvalue weighted by Crippen LogP contribution is 2.26. The van der Waals surface area contributed by atoms with E-state index in [0.29, 0.717) is 23.9 Å². The molecule has 0 bridgehead atoms. The lowest BCUT2D eigenvalue weighted by molar-refractivity contribution is -0.123. The first-order valence-corrected chi connectivity index (χ1v) is 11.3. The number of carbonyl (C=O) groups is 2. The Morgan fingerprint density at radius 3 is 2.11 bits per heavy atom. The van der Waals surface area contributed by atoms with E-state index in [-0.39, 0.29) is 19.0 Å². The fraction of sp³-hybridized carbons (Fsp3) is 0.179. The molecule has 0 aliphatic heterocycles. The molecule has 0 spiro atoms. The zero-order valence-corrected chi connectivity index (χ0v) is 20.2. The maximum atomic E-state index is 12.1. The molecule has 0 heterocycles. The Kier molecular flexibility index (Phi) is 10.1. The van der Waals surface area contributed by atoms with Crippen LogP contribution in [0.1, 0.15) is 18.1 Å². The predicted octanol–water partition coefficient (Wildman–Crippen LogP) is 4.28.